The monoisotopic (exact) mass is 180 g/mol. The van der Waals surface area contributed by atoms with Crippen LogP contribution in [-0.2, 0) is 13.0 Å². The summed E-state index contributed by atoms with van der Waals surface area (Å²) in [5.74, 6) is 0. The van der Waals surface area contributed by atoms with Gasteiger partial charge in [-0.2, -0.15) is 0 Å². The molecule has 0 spiro atoms. The lowest BCUT2D eigenvalue weighted by atomic mass is 10.1. The van der Waals surface area contributed by atoms with Crippen molar-refractivity contribution in [1.29, 1.82) is 0 Å². The van der Waals surface area contributed by atoms with Gasteiger partial charge in [0.05, 0.1) is 0 Å². The number of aliphatic hydroxyl groups excluding tert-OH is 1. The first-order valence-electron chi connectivity index (χ1n) is 4.82. The molecule has 0 radical (unpaired) electrons. The Morgan fingerprint density at radius 1 is 1.54 bits per heavy atom. The highest BCUT2D eigenvalue weighted by atomic mass is 16.3. The van der Waals surface area contributed by atoms with Gasteiger partial charge in [0.1, 0.15) is 6.10 Å². The molecule has 3 nitrogen and oxygen atoms in total. The summed E-state index contributed by atoms with van der Waals surface area (Å²) >= 11 is 0. The van der Waals surface area contributed by atoms with Crippen LogP contribution in [0.5, 0.6) is 0 Å². The standard InChI is InChI=1S/C10H16N2O/c1-7(11)10(13)9-5-4-8-3-2-6-12(8)9/h4-5,7,10,13H,2-3,6,11H2,1H3. The molecule has 2 rings (SSSR count). The molecule has 1 aliphatic heterocycles. The Hall–Kier alpha value is -0.800. The van der Waals surface area contributed by atoms with Crippen molar-refractivity contribution >= 4 is 0 Å². The highest BCUT2D eigenvalue weighted by Gasteiger charge is 2.21. The van der Waals surface area contributed by atoms with Crippen LogP contribution in [0.1, 0.15) is 30.8 Å². The highest BCUT2D eigenvalue weighted by Crippen LogP contribution is 2.24. The molecule has 13 heavy (non-hydrogen) atoms. The molecular weight excluding hydrogens is 164 g/mol. The Morgan fingerprint density at radius 2 is 2.31 bits per heavy atom. The summed E-state index contributed by atoms with van der Waals surface area (Å²) in [5, 5.41) is 9.80. The average Bonchev–Trinajstić information content (AvgIpc) is 2.61. The van der Waals surface area contributed by atoms with Gasteiger partial charge in [0.2, 0.25) is 0 Å². The minimum absolute atomic E-state index is 0.195. The summed E-state index contributed by atoms with van der Waals surface area (Å²) < 4.78 is 2.19. The lowest BCUT2D eigenvalue weighted by Crippen LogP contribution is -2.26. The maximum absolute atomic E-state index is 9.80. The molecule has 0 fully saturated rings. The van der Waals surface area contributed by atoms with E-state index in [1.54, 1.807) is 0 Å². The van der Waals surface area contributed by atoms with Crippen LogP contribution in [0, 0.1) is 0 Å². The molecule has 0 aliphatic carbocycles. The molecule has 3 N–H and O–H groups in total. The first kappa shape index (κ1) is 8.78. The molecule has 2 unspecified atom stereocenters. The van der Waals surface area contributed by atoms with Gasteiger partial charge in [0, 0.05) is 24.0 Å². The van der Waals surface area contributed by atoms with E-state index < -0.39 is 6.10 Å². The van der Waals surface area contributed by atoms with Gasteiger partial charge in [0.15, 0.2) is 0 Å². The third-order valence-electron chi connectivity index (χ3n) is 2.72. The predicted octanol–water partition coefficient (Wildman–Crippen LogP) is 0.815. The number of nitrogens with zero attached hydrogens (tertiary/aromatic N) is 1. The zero-order valence-corrected chi connectivity index (χ0v) is 7.90. The van der Waals surface area contributed by atoms with Gasteiger partial charge in [-0.05, 0) is 31.9 Å². The van der Waals surface area contributed by atoms with Crippen molar-refractivity contribution < 1.29 is 5.11 Å². The van der Waals surface area contributed by atoms with E-state index in [0.717, 1.165) is 18.7 Å². The van der Waals surface area contributed by atoms with E-state index in [2.05, 4.69) is 10.6 Å². The summed E-state index contributed by atoms with van der Waals surface area (Å²) in [6.45, 7) is 2.86. The van der Waals surface area contributed by atoms with Crippen molar-refractivity contribution in [1.82, 2.24) is 4.57 Å². The molecule has 0 amide bonds. The summed E-state index contributed by atoms with van der Waals surface area (Å²) in [4.78, 5) is 0. The first-order chi connectivity index (χ1) is 6.20. The van der Waals surface area contributed by atoms with Crippen LogP contribution in [0.25, 0.3) is 0 Å². The van der Waals surface area contributed by atoms with Crippen LogP contribution >= 0.6 is 0 Å². The average molecular weight is 180 g/mol. The summed E-state index contributed by atoms with van der Waals surface area (Å²) in [7, 11) is 0. The van der Waals surface area contributed by atoms with Gasteiger partial charge in [-0.1, -0.05) is 0 Å². The first-order valence-corrected chi connectivity index (χ1v) is 4.82. The van der Waals surface area contributed by atoms with Gasteiger partial charge >= 0.3 is 0 Å². The van der Waals surface area contributed by atoms with Gasteiger partial charge in [-0.3, -0.25) is 0 Å². The third-order valence-corrected chi connectivity index (χ3v) is 2.72. The van der Waals surface area contributed by atoms with Crippen LogP contribution in [0.4, 0.5) is 0 Å². The van der Waals surface area contributed by atoms with Crippen LogP contribution in [0.15, 0.2) is 12.1 Å². The van der Waals surface area contributed by atoms with E-state index in [0.29, 0.717) is 0 Å². The fraction of sp³-hybridized carbons (Fsp3) is 0.600. The van der Waals surface area contributed by atoms with Crippen LogP contribution < -0.4 is 5.73 Å². The van der Waals surface area contributed by atoms with Crippen molar-refractivity contribution in [3.8, 4) is 0 Å². The number of nitrogens with two attached hydrogens (primary N) is 1. The Labute approximate surface area is 78.2 Å². The second-order valence-corrected chi connectivity index (χ2v) is 3.81. The van der Waals surface area contributed by atoms with Crippen LogP contribution in [0.2, 0.25) is 0 Å². The minimum atomic E-state index is -0.521. The SMILES string of the molecule is CC(N)C(O)c1ccc2n1CCC2. The molecule has 2 atom stereocenters. The van der Waals surface area contributed by atoms with E-state index in [1.807, 2.05) is 13.0 Å². The number of rotatable bonds is 2. The van der Waals surface area contributed by atoms with E-state index in [4.69, 9.17) is 5.73 Å². The zero-order chi connectivity index (χ0) is 9.42. The van der Waals surface area contributed by atoms with Gasteiger partial charge in [-0.15, -0.1) is 0 Å². The zero-order valence-electron chi connectivity index (χ0n) is 7.90. The number of hydrogen-bond donors (Lipinski definition) is 2. The van der Waals surface area contributed by atoms with E-state index >= 15 is 0 Å². The smallest absolute Gasteiger partial charge is 0.109 e. The summed E-state index contributed by atoms with van der Waals surface area (Å²) in [5.41, 5.74) is 7.96. The van der Waals surface area contributed by atoms with Crippen molar-refractivity contribution in [2.24, 2.45) is 5.73 Å². The van der Waals surface area contributed by atoms with Crippen LogP contribution in [0.3, 0.4) is 0 Å². The number of aryl methyl sites for hydroxylation is 1. The highest BCUT2D eigenvalue weighted by molar-refractivity contribution is 5.21. The topological polar surface area (TPSA) is 51.2 Å². The molecule has 0 saturated carbocycles. The molecule has 2 heterocycles. The lowest BCUT2D eigenvalue weighted by molar-refractivity contribution is 0.144. The fourth-order valence-corrected chi connectivity index (χ4v) is 1.96. The van der Waals surface area contributed by atoms with E-state index in [1.165, 1.54) is 12.1 Å². The summed E-state index contributed by atoms with van der Waals surface area (Å²) in [6, 6.07) is 3.88. The Kier molecular flexibility index (Phi) is 2.14. The van der Waals surface area contributed by atoms with Crippen molar-refractivity contribution in [3.05, 3.63) is 23.5 Å². The number of fused-ring (bicyclic) bond motifs is 1. The quantitative estimate of drug-likeness (QED) is 0.707. The second-order valence-electron chi connectivity index (χ2n) is 3.81. The van der Waals surface area contributed by atoms with Crippen molar-refractivity contribution in [2.75, 3.05) is 0 Å². The molecule has 3 heteroatoms. The van der Waals surface area contributed by atoms with Crippen molar-refractivity contribution in [3.63, 3.8) is 0 Å². The molecule has 0 saturated heterocycles. The molecule has 1 aromatic rings. The van der Waals surface area contributed by atoms with E-state index in [9.17, 15) is 5.11 Å². The molecule has 1 aliphatic rings. The van der Waals surface area contributed by atoms with Gasteiger partial charge < -0.3 is 15.4 Å². The predicted molar refractivity (Wildman–Crippen MR) is 51.4 cm³/mol. The van der Waals surface area contributed by atoms with Crippen LogP contribution in [-0.4, -0.2) is 15.7 Å². The molecule has 72 valence electrons. The Morgan fingerprint density at radius 3 is 3.00 bits per heavy atom. The molecule has 0 bridgehead atoms. The van der Waals surface area contributed by atoms with Gasteiger partial charge in [-0.25, -0.2) is 0 Å². The lowest BCUT2D eigenvalue weighted by Gasteiger charge is -2.16. The Bertz CT molecular complexity index is 304. The molecule has 0 aromatic carbocycles. The number of aliphatic hydroxyl groups is 1. The fourth-order valence-electron chi connectivity index (χ4n) is 1.96. The minimum Gasteiger partial charge on any atom is -0.385 e. The van der Waals surface area contributed by atoms with Gasteiger partial charge in [0.25, 0.3) is 0 Å². The second kappa shape index (κ2) is 3.16. The normalized spacial score (nSPS) is 19.9. The maximum atomic E-state index is 9.80. The molecular formula is C10H16N2O. The number of aromatic nitrogens is 1. The Balaban J connectivity index is 2.30. The summed E-state index contributed by atoms with van der Waals surface area (Å²) in [6.07, 6.45) is 1.80. The third kappa shape index (κ3) is 1.38. The maximum Gasteiger partial charge on any atom is 0.109 e. The largest absolute Gasteiger partial charge is 0.385 e. The van der Waals surface area contributed by atoms with E-state index in [-0.39, 0.29) is 6.04 Å². The number of hydrogen-bond acceptors (Lipinski definition) is 2. The van der Waals surface area contributed by atoms with Crippen molar-refractivity contribution in [2.45, 2.75) is 38.5 Å². The molecule has 1 aromatic heterocycles.